The van der Waals surface area contributed by atoms with Crippen molar-refractivity contribution in [1.82, 2.24) is 0 Å². The van der Waals surface area contributed by atoms with Crippen molar-refractivity contribution in [3.8, 4) is 5.75 Å². The third-order valence-electron chi connectivity index (χ3n) is 2.77. The molecular weight excluding hydrogens is 323 g/mol. The van der Waals surface area contributed by atoms with Crippen LogP contribution in [0.1, 0.15) is 12.0 Å². The van der Waals surface area contributed by atoms with Crippen LogP contribution in [0.5, 0.6) is 5.75 Å². The van der Waals surface area contributed by atoms with Gasteiger partial charge in [-0.15, -0.1) is 0 Å². The largest absolute Gasteiger partial charge is 0.493 e. The first-order chi connectivity index (χ1) is 11.0. The fourth-order valence-corrected chi connectivity index (χ4v) is 1.73. The minimum absolute atomic E-state index is 0.0191. The Balaban J connectivity index is 1.77. The van der Waals surface area contributed by atoms with E-state index in [4.69, 9.17) is 26.9 Å². The topological polar surface area (TPSA) is 73.9 Å². The molecule has 0 aliphatic rings. The molecule has 0 heterocycles. The van der Waals surface area contributed by atoms with Gasteiger partial charge in [-0.25, -0.2) is 9.18 Å². The van der Waals surface area contributed by atoms with Gasteiger partial charge < -0.3 is 15.3 Å². The molecule has 0 saturated carbocycles. The zero-order valence-corrected chi connectivity index (χ0v) is 12.8. The van der Waals surface area contributed by atoms with Gasteiger partial charge in [-0.1, -0.05) is 16.8 Å². The molecule has 0 radical (unpaired) electrons. The molecule has 0 unspecified atom stereocenters. The number of nitrogens with two attached hydrogens (primary N) is 1. The molecule has 0 aliphatic carbocycles. The molecule has 0 atom stereocenters. The second kappa shape index (κ2) is 8.14. The zero-order chi connectivity index (χ0) is 16.7. The number of carbonyl (C=O) groups is 1. The second-order valence-corrected chi connectivity index (χ2v) is 4.94. The van der Waals surface area contributed by atoms with E-state index in [2.05, 4.69) is 5.16 Å². The molecule has 2 aromatic rings. The SMILES string of the molecule is NC(=NOC(=O)CCOc1ccc(F)cc1)c1ccc(Cl)cc1. The van der Waals surface area contributed by atoms with Crippen molar-refractivity contribution < 1.29 is 18.8 Å². The maximum absolute atomic E-state index is 12.7. The van der Waals surface area contributed by atoms with Crippen molar-refractivity contribution in [3.63, 3.8) is 0 Å². The summed E-state index contributed by atoms with van der Waals surface area (Å²) in [6, 6.07) is 12.1. The highest BCUT2D eigenvalue weighted by molar-refractivity contribution is 6.30. The van der Waals surface area contributed by atoms with Gasteiger partial charge in [0.25, 0.3) is 0 Å². The quantitative estimate of drug-likeness (QED) is 0.381. The molecule has 0 bridgehead atoms. The van der Waals surface area contributed by atoms with Gasteiger partial charge >= 0.3 is 5.97 Å². The highest BCUT2D eigenvalue weighted by atomic mass is 35.5. The van der Waals surface area contributed by atoms with Crippen LogP contribution in [-0.4, -0.2) is 18.4 Å². The van der Waals surface area contributed by atoms with Crippen molar-refractivity contribution >= 4 is 23.4 Å². The van der Waals surface area contributed by atoms with Crippen LogP contribution in [0.4, 0.5) is 4.39 Å². The van der Waals surface area contributed by atoms with Crippen molar-refractivity contribution in [2.24, 2.45) is 10.9 Å². The minimum Gasteiger partial charge on any atom is -0.493 e. The molecule has 2 rings (SSSR count). The summed E-state index contributed by atoms with van der Waals surface area (Å²) in [5, 5.41) is 4.12. The first-order valence-corrected chi connectivity index (χ1v) is 7.10. The Morgan fingerprint density at radius 3 is 2.43 bits per heavy atom. The van der Waals surface area contributed by atoms with Crippen molar-refractivity contribution in [3.05, 3.63) is 64.9 Å². The van der Waals surface area contributed by atoms with Crippen LogP contribution < -0.4 is 10.5 Å². The van der Waals surface area contributed by atoms with Crippen LogP contribution in [0.3, 0.4) is 0 Å². The number of carbonyl (C=O) groups excluding carboxylic acids is 1. The summed E-state index contributed by atoms with van der Waals surface area (Å²) in [5.41, 5.74) is 6.28. The number of hydrogen-bond donors (Lipinski definition) is 1. The van der Waals surface area contributed by atoms with Crippen LogP contribution >= 0.6 is 11.6 Å². The Hall–Kier alpha value is -2.60. The Labute approximate surface area is 137 Å². The number of hydrogen-bond acceptors (Lipinski definition) is 4. The lowest BCUT2D eigenvalue weighted by Crippen LogP contribution is -2.15. The lowest BCUT2D eigenvalue weighted by atomic mass is 10.2. The highest BCUT2D eigenvalue weighted by Crippen LogP contribution is 2.11. The maximum Gasteiger partial charge on any atom is 0.338 e. The Bertz CT molecular complexity index is 687. The number of benzene rings is 2. The van der Waals surface area contributed by atoms with E-state index in [1.807, 2.05) is 0 Å². The summed E-state index contributed by atoms with van der Waals surface area (Å²) in [7, 11) is 0. The summed E-state index contributed by atoms with van der Waals surface area (Å²) in [6.45, 7) is 0.0842. The Kier molecular flexibility index (Phi) is 5.94. The fourth-order valence-electron chi connectivity index (χ4n) is 1.60. The van der Waals surface area contributed by atoms with E-state index >= 15 is 0 Å². The highest BCUT2D eigenvalue weighted by Gasteiger charge is 2.05. The molecule has 0 spiro atoms. The molecule has 2 aromatic carbocycles. The number of nitrogens with zero attached hydrogens (tertiary/aromatic N) is 1. The number of rotatable bonds is 6. The number of halogens is 2. The van der Waals surface area contributed by atoms with E-state index < -0.39 is 5.97 Å². The summed E-state index contributed by atoms with van der Waals surface area (Å²) >= 11 is 5.76. The predicted octanol–water partition coefficient (Wildman–Crippen LogP) is 3.11. The third kappa shape index (κ3) is 5.60. The van der Waals surface area contributed by atoms with Crippen LogP contribution in [0.2, 0.25) is 5.02 Å². The Morgan fingerprint density at radius 1 is 1.13 bits per heavy atom. The lowest BCUT2D eigenvalue weighted by molar-refractivity contribution is -0.144. The average molecular weight is 337 g/mol. The predicted molar refractivity (Wildman–Crippen MR) is 84.8 cm³/mol. The minimum atomic E-state index is -0.593. The standard InChI is InChI=1S/C16H14ClFN2O3/c17-12-3-1-11(2-4-12)16(19)20-23-15(21)9-10-22-14-7-5-13(18)6-8-14/h1-8H,9-10H2,(H2,19,20). The van der Waals surface area contributed by atoms with Gasteiger partial charge in [0.05, 0.1) is 13.0 Å². The third-order valence-corrected chi connectivity index (χ3v) is 3.03. The van der Waals surface area contributed by atoms with Gasteiger partial charge in [-0.3, -0.25) is 0 Å². The van der Waals surface area contributed by atoms with E-state index in [-0.39, 0.29) is 24.7 Å². The van der Waals surface area contributed by atoms with Gasteiger partial charge in [-0.2, -0.15) is 0 Å². The number of oxime groups is 1. The van der Waals surface area contributed by atoms with E-state index in [1.54, 1.807) is 24.3 Å². The zero-order valence-electron chi connectivity index (χ0n) is 12.0. The maximum atomic E-state index is 12.7. The molecule has 7 heteroatoms. The van der Waals surface area contributed by atoms with Crippen LogP contribution in [0, 0.1) is 5.82 Å². The second-order valence-electron chi connectivity index (χ2n) is 4.50. The van der Waals surface area contributed by atoms with Gasteiger partial charge in [0.15, 0.2) is 5.84 Å². The smallest absolute Gasteiger partial charge is 0.338 e. The van der Waals surface area contributed by atoms with Gasteiger partial charge in [0.2, 0.25) is 0 Å². The van der Waals surface area contributed by atoms with Crippen molar-refractivity contribution in [2.45, 2.75) is 6.42 Å². The van der Waals surface area contributed by atoms with E-state index in [1.165, 1.54) is 24.3 Å². The molecule has 0 fully saturated rings. The summed E-state index contributed by atoms with van der Waals surface area (Å²) in [6.07, 6.45) is -0.0191. The van der Waals surface area contributed by atoms with Gasteiger partial charge in [0, 0.05) is 10.6 Å². The lowest BCUT2D eigenvalue weighted by Gasteiger charge is -2.05. The number of amidine groups is 1. The molecule has 0 saturated heterocycles. The average Bonchev–Trinajstić information content (AvgIpc) is 2.55. The fraction of sp³-hybridized carbons (Fsp3) is 0.125. The summed E-state index contributed by atoms with van der Waals surface area (Å²) in [5.74, 6) is -0.425. The van der Waals surface area contributed by atoms with E-state index in [9.17, 15) is 9.18 Å². The van der Waals surface area contributed by atoms with Crippen LogP contribution in [0.25, 0.3) is 0 Å². The molecule has 120 valence electrons. The molecule has 0 aliphatic heterocycles. The molecule has 0 amide bonds. The van der Waals surface area contributed by atoms with Crippen LogP contribution in [0.15, 0.2) is 53.7 Å². The van der Waals surface area contributed by atoms with E-state index in [0.717, 1.165) is 0 Å². The molecular formula is C16H14ClFN2O3. The number of ether oxygens (including phenoxy) is 1. The summed E-state index contributed by atoms with van der Waals surface area (Å²) < 4.78 is 18.0. The van der Waals surface area contributed by atoms with Crippen molar-refractivity contribution in [2.75, 3.05) is 6.61 Å². The van der Waals surface area contributed by atoms with Crippen LogP contribution in [-0.2, 0) is 9.63 Å². The molecule has 2 N–H and O–H groups in total. The molecule has 0 aromatic heterocycles. The first-order valence-electron chi connectivity index (χ1n) is 6.72. The summed E-state index contributed by atoms with van der Waals surface area (Å²) in [4.78, 5) is 16.2. The van der Waals surface area contributed by atoms with Gasteiger partial charge in [0.1, 0.15) is 11.6 Å². The van der Waals surface area contributed by atoms with E-state index in [0.29, 0.717) is 16.3 Å². The normalized spacial score (nSPS) is 11.1. The van der Waals surface area contributed by atoms with Crippen molar-refractivity contribution in [1.29, 1.82) is 0 Å². The van der Waals surface area contributed by atoms with Gasteiger partial charge in [-0.05, 0) is 48.5 Å². The molecule has 5 nitrogen and oxygen atoms in total. The molecule has 23 heavy (non-hydrogen) atoms. The first kappa shape index (κ1) is 16.8. The Morgan fingerprint density at radius 2 is 1.78 bits per heavy atom. The monoisotopic (exact) mass is 336 g/mol.